The highest BCUT2D eigenvalue weighted by molar-refractivity contribution is 5.82. The maximum atomic E-state index is 13.3. The van der Waals surface area contributed by atoms with Crippen molar-refractivity contribution < 1.29 is 9.18 Å². The molecule has 7 heteroatoms. The summed E-state index contributed by atoms with van der Waals surface area (Å²) in [6.07, 6.45) is 3.47. The van der Waals surface area contributed by atoms with Gasteiger partial charge in [-0.25, -0.2) is 9.37 Å². The summed E-state index contributed by atoms with van der Waals surface area (Å²) >= 11 is 0. The SMILES string of the molecule is Cc1ccc(-c2nc3n(c2Nc2ccc(F)cc2)C=CN(C(=O)CN)C3)cc1. The minimum absolute atomic E-state index is 0.0590. The van der Waals surface area contributed by atoms with Gasteiger partial charge in [-0.1, -0.05) is 29.8 Å². The standard InChI is InChI=1S/C21H20FN5O/c1-14-2-4-15(5-3-14)20-21(24-17-8-6-16(22)7-9-17)27-11-10-26(19(28)12-23)13-18(27)25-20/h2-11,24H,12-13,23H2,1H3. The van der Waals surface area contributed by atoms with Crippen LogP contribution in [-0.4, -0.2) is 26.9 Å². The van der Waals surface area contributed by atoms with E-state index in [-0.39, 0.29) is 18.3 Å². The number of nitrogens with one attached hydrogen (secondary N) is 1. The number of hydrogen-bond acceptors (Lipinski definition) is 4. The number of fused-ring (bicyclic) bond motifs is 1. The van der Waals surface area contributed by atoms with Crippen molar-refractivity contribution in [3.63, 3.8) is 0 Å². The summed E-state index contributed by atoms with van der Waals surface area (Å²) < 4.78 is 15.2. The van der Waals surface area contributed by atoms with Crippen molar-refractivity contribution in [2.24, 2.45) is 5.73 Å². The highest BCUT2D eigenvalue weighted by Crippen LogP contribution is 2.33. The molecule has 1 aromatic heterocycles. The molecule has 0 aliphatic carbocycles. The van der Waals surface area contributed by atoms with Crippen LogP contribution in [0.25, 0.3) is 17.5 Å². The normalized spacial score (nSPS) is 12.8. The Labute approximate surface area is 162 Å². The van der Waals surface area contributed by atoms with Gasteiger partial charge >= 0.3 is 0 Å². The zero-order chi connectivity index (χ0) is 19.7. The number of amides is 1. The molecule has 0 bridgehead atoms. The van der Waals surface area contributed by atoms with Crippen LogP contribution in [0.15, 0.2) is 54.7 Å². The van der Waals surface area contributed by atoms with Crippen molar-refractivity contribution in [2.75, 3.05) is 11.9 Å². The highest BCUT2D eigenvalue weighted by atomic mass is 19.1. The quantitative estimate of drug-likeness (QED) is 0.730. The van der Waals surface area contributed by atoms with Crippen molar-refractivity contribution in [3.8, 4) is 11.3 Å². The summed E-state index contributed by atoms with van der Waals surface area (Å²) in [5, 5.41) is 3.33. The van der Waals surface area contributed by atoms with Gasteiger partial charge in [0.05, 0.1) is 13.1 Å². The van der Waals surface area contributed by atoms with E-state index in [1.54, 1.807) is 29.4 Å². The lowest BCUT2D eigenvalue weighted by Gasteiger charge is -2.22. The van der Waals surface area contributed by atoms with Crippen LogP contribution in [-0.2, 0) is 11.3 Å². The lowest BCUT2D eigenvalue weighted by Crippen LogP contribution is -2.33. The van der Waals surface area contributed by atoms with Crippen molar-refractivity contribution in [3.05, 3.63) is 71.9 Å². The van der Waals surface area contributed by atoms with Crippen LogP contribution in [0.3, 0.4) is 0 Å². The minimum Gasteiger partial charge on any atom is -0.339 e. The van der Waals surface area contributed by atoms with E-state index in [0.717, 1.165) is 28.3 Å². The van der Waals surface area contributed by atoms with Gasteiger partial charge in [-0.3, -0.25) is 9.36 Å². The van der Waals surface area contributed by atoms with Crippen LogP contribution in [0.5, 0.6) is 0 Å². The van der Waals surface area contributed by atoms with Gasteiger partial charge < -0.3 is 16.0 Å². The number of benzene rings is 2. The Morgan fingerprint density at radius 1 is 1.14 bits per heavy atom. The number of carbonyl (C=O) groups excluding carboxylic acids is 1. The predicted molar refractivity (Wildman–Crippen MR) is 107 cm³/mol. The Kier molecular flexibility index (Phi) is 4.67. The van der Waals surface area contributed by atoms with E-state index < -0.39 is 0 Å². The average Bonchev–Trinajstić information content (AvgIpc) is 3.07. The number of anilines is 2. The second-order valence-electron chi connectivity index (χ2n) is 6.62. The van der Waals surface area contributed by atoms with E-state index >= 15 is 0 Å². The number of aromatic nitrogens is 2. The zero-order valence-corrected chi connectivity index (χ0v) is 15.4. The Balaban J connectivity index is 1.78. The Morgan fingerprint density at radius 3 is 2.54 bits per heavy atom. The molecule has 28 heavy (non-hydrogen) atoms. The molecule has 0 radical (unpaired) electrons. The summed E-state index contributed by atoms with van der Waals surface area (Å²) in [5.74, 6) is 0.997. The van der Waals surface area contributed by atoms with E-state index in [9.17, 15) is 9.18 Å². The van der Waals surface area contributed by atoms with E-state index in [2.05, 4.69) is 5.32 Å². The molecule has 3 aromatic rings. The van der Waals surface area contributed by atoms with Gasteiger partial charge in [0.15, 0.2) is 0 Å². The number of halogens is 1. The number of nitrogens with two attached hydrogens (primary N) is 1. The third-order valence-corrected chi connectivity index (χ3v) is 4.62. The monoisotopic (exact) mass is 377 g/mol. The fraction of sp³-hybridized carbons (Fsp3) is 0.143. The van der Waals surface area contributed by atoms with Gasteiger partial charge in [0, 0.05) is 23.7 Å². The van der Waals surface area contributed by atoms with Crippen molar-refractivity contribution in [2.45, 2.75) is 13.5 Å². The van der Waals surface area contributed by atoms with E-state index in [1.165, 1.54) is 12.1 Å². The molecule has 4 rings (SSSR count). The van der Waals surface area contributed by atoms with Gasteiger partial charge in [-0.2, -0.15) is 0 Å². The van der Waals surface area contributed by atoms with Crippen molar-refractivity contribution in [1.29, 1.82) is 0 Å². The molecule has 142 valence electrons. The zero-order valence-electron chi connectivity index (χ0n) is 15.4. The van der Waals surface area contributed by atoms with E-state index in [4.69, 9.17) is 10.7 Å². The summed E-state index contributed by atoms with van der Waals surface area (Å²) in [6.45, 7) is 2.30. The molecule has 6 nitrogen and oxygen atoms in total. The molecule has 1 amide bonds. The third-order valence-electron chi connectivity index (χ3n) is 4.62. The summed E-state index contributed by atoms with van der Waals surface area (Å²) in [6, 6.07) is 14.2. The van der Waals surface area contributed by atoms with Crippen molar-refractivity contribution >= 4 is 23.6 Å². The van der Waals surface area contributed by atoms with Gasteiger partial charge in [0.2, 0.25) is 5.91 Å². The van der Waals surface area contributed by atoms with Crippen LogP contribution in [0, 0.1) is 12.7 Å². The number of nitrogens with zero attached hydrogens (tertiary/aromatic N) is 3. The summed E-state index contributed by atoms with van der Waals surface area (Å²) in [7, 11) is 0. The summed E-state index contributed by atoms with van der Waals surface area (Å²) in [5.41, 5.74) is 9.08. The Hall–Kier alpha value is -3.45. The van der Waals surface area contributed by atoms with Gasteiger partial charge in [-0.05, 0) is 31.2 Å². The lowest BCUT2D eigenvalue weighted by molar-refractivity contribution is -0.127. The second-order valence-corrected chi connectivity index (χ2v) is 6.62. The second kappa shape index (κ2) is 7.28. The number of hydrogen-bond donors (Lipinski definition) is 2. The average molecular weight is 377 g/mol. The Bertz CT molecular complexity index is 1040. The number of aryl methyl sites for hydroxylation is 1. The van der Waals surface area contributed by atoms with Crippen LogP contribution in [0.2, 0.25) is 0 Å². The molecule has 2 heterocycles. The van der Waals surface area contributed by atoms with Gasteiger partial charge in [-0.15, -0.1) is 0 Å². The fourth-order valence-corrected chi connectivity index (χ4v) is 3.09. The smallest absolute Gasteiger partial charge is 0.240 e. The molecule has 1 aliphatic rings. The fourth-order valence-electron chi connectivity index (χ4n) is 3.09. The largest absolute Gasteiger partial charge is 0.339 e. The molecule has 2 aromatic carbocycles. The van der Waals surface area contributed by atoms with Crippen molar-refractivity contribution in [1.82, 2.24) is 14.5 Å². The summed E-state index contributed by atoms with van der Waals surface area (Å²) in [4.78, 5) is 18.3. The first kappa shape index (κ1) is 17.9. The number of imidazole rings is 1. The minimum atomic E-state index is -0.296. The maximum Gasteiger partial charge on any atom is 0.240 e. The molecule has 0 saturated carbocycles. The number of carbonyl (C=O) groups is 1. The molecule has 0 atom stereocenters. The van der Waals surface area contributed by atoms with Crippen LogP contribution in [0.4, 0.5) is 15.9 Å². The van der Waals surface area contributed by atoms with Crippen LogP contribution >= 0.6 is 0 Å². The van der Waals surface area contributed by atoms with Gasteiger partial charge in [0.25, 0.3) is 0 Å². The first-order chi connectivity index (χ1) is 13.5. The molecule has 0 fully saturated rings. The lowest BCUT2D eigenvalue weighted by atomic mass is 10.1. The number of rotatable bonds is 4. The maximum absolute atomic E-state index is 13.3. The molecule has 3 N–H and O–H groups in total. The van der Waals surface area contributed by atoms with Crippen LogP contribution in [0.1, 0.15) is 11.4 Å². The highest BCUT2D eigenvalue weighted by Gasteiger charge is 2.23. The molecule has 0 unspecified atom stereocenters. The predicted octanol–water partition coefficient (Wildman–Crippen LogP) is 3.47. The topological polar surface area (TPSA) is 76.2 Å². The molecule has 0 saturated heterocycles. The molecular weight excluding hydrogens is 357 g/mol. The van der Waals surface area contributed by atoms with Crippen LogP contribution < -0.4 is 11.1 Å². The molecule has 0 spiro atoms. The van der Waals surface area contributed by atoms with Gasteiger partial charge in [0.1, 0.15) is 23.2 Å². The molecule has 1 aliphatic heterocycles. The first-order valence-corrected chi connectivity index (χ1v) is 8.94. The Morgan fingerprint density at radius 2 is 1.86 bits per heavy atom. The molecular formula is C21H20FN5O. The van der Waals surface area contributed by atoms with E-state index in [1.807, 2.05) is 35.8 Å². The third kappa shape index (κ3) is 3.39. The first-order valence-electron chi connectivity index (χ1n) is 8.94. The van der Waals surface area contributed by atoms with E-state index in [0.29, 0.717) is 12.4 Å².